The van der Waals surface area contributed by atoms with E-state index in [2.05, 4.69) is 13.2 Å². The molecular formula is C48H52N4O4. The molecule has 0 saturated heterocycles. The minimum atomic E-state index is 0.145. The molecule has 4 aromatic carbocycles. The summed E-state index contributed by atoms with van der Waals surface area (Å²) >= 11 is 0. The molecule has 12 bridgehead atoms. The molecule has 2 aliphatic carbocycles. The van der Waals surface area contributed by atoms with E-state index in [1.54, 1.807) is 24.9 Å². The molecular weight excluding hydrogens is 697 g/mol. The highest BCUT2D eigenvalue weighted by Crippen LogP contribution is 2.32. The molecule has 0 amide bonds. The van der Waals surface area contributed by atoms with Crippen LogP contribution in [-0.4, -0.2) is 69.5 Å². The third kappa shape index (κ3) is 9.54. The first-order valence-corrected chi connectivity index (χ1v) is 19.9. The molecule has 8 nitrogen and oxygen atoms in total. The van der Waals surface area contributed by atoms with Crippen molar-refractivity contribution in [3.8, 4) is 23.0 Å². The van der Waals surface area contributed by atoms with E-state index in [-0.39, 0.29) is 47.2 Å². The normalized spacial score (nSPS) is 22.2. The first-order valence-electron chi connectivity index (χ1n) is 19.9. The van der Waals surface area contributed by atoms with Crippen molar-refractivity contribution in [1.82, 2.24) is 0 Å². The Balaban J connectivity index is 1.11. The van der Waals surface area contributed by atoms with Gasteiger partial charge in [0.1, 0.15) is 23.0 Å². The van der Waals surface area contributed by atoms with Gasteiger partial charge in [-0.2, -0.15) is 0 Å². The Morgan fingerprint density at radius 1 is 0.357 bits per heavy atom. The van der Waals surface area contributed by atoms with Crippen LogP contribution in [0.15, 0.2) is 117 Å². The zero-order chi connectivity index (χ0) is 39.0. The van der Waals surface area contributed by atoms with E-state index < -0.39 is 0 Å². The number of allylic oxidation sites excluding steroid dienone is 2. The maximum Gasteiger partial charge on any atom is 0.127 e. The Kier molecular flexibility index (Phi) is 12.2. The lowest BCUT2D eigenvalue weighted by molar-refractivity contribution is 0.399. The van der Waals surface area contributed by atoms with Gasteiger partial charge in [-0.25, -0.2) is 0 Å². The van der Waals surface area contributed by atoms with Gasteiger partial charge in [-0.3, -0.25) is 20.0 Å². The summed E-state index contributed by atoms with van der Waals surface area (Å²) in [6, 6.07) is 23.4. The maximum atomic E-state index is 11.2. The summed E-state index contributed by atoms with van der Waals surface area (Å²) in [7, 11) is 0. The van der Waals surface area contributed by atoms with Crippen molar-refractivity contribution < 1.29 is 20.4 Å². The van der Waals surface area contributed by atoms with Gasteiger partial charge in [-0.05, 0) is 124 Å². The van der Waals surface area contributed by atoms with Gasteiger partial charge in [0, 0.05) is 47.1 Å². The number of nitrogens with zero attached hydrogens (tertiary/aromatic N) is 4. The smallest absolute Gasteiger partial charge is 0.127 e. The van der Waals surface area contributed by atoms with Crippen molar-refractivity contribution in [2.45, 2.75) is 101 Å². The van der Waals surface area contributed by atoms with Gasteiger partial charge in [-0.15, -0.1) is 0 Å². The molecule has 288 valence electrons. The molecule has 2 saturated carbocycles. The minimum absolute atomic E-state index is 0.145. The molecule has 4 heterocycles. The topological polar surface area (TPSA) is 130 Å². The molecule has 2 fully saturated rings. The number of rotatable bonds is 0. The van der Waals surface area contributed by atoms with Gasteiger partial charge < -0.3 is 20.4 Å². The number of aliphatic imine (C=N–C) groups is 4. The minimum Gasteiger partial charge on any atom is -0.507 e. The Labute approximate surface area is 330 Å². The fourth-order valence-corrected chi connectivity index (χ4v) is 8.09. The third-order valence-electron chi connectivity index (χ3n) is 11.4. The summed E-state index contributed by atoms with van der Waals surface area (Å²) in [6.07, 6.45) is 16.1. The van der Waals surface area contributed by atoms with Crippen molar-refractivity contribution >= 4 is 24.9 Å². The summed E-state index contributed by atoms with van der Waals surface area (Å²) in [5.41, 5.74) is 7.55. The first-order chi connectivity index (χ1) is 27.2. The average Bonchev–Trinajstić information content (AvgIpc) is 3.20. The number of phenols is 4. The van der Waals surface area contributed by atoms with Crippen molar-refractivity contribution in [3.63, 3.8) is 0 Å². The molecule has 10 rings (SSSR count). The summed E-state index contributed by atoms with van der Waals surface area (Å²) < 4.78 is 0. The molecule has 4 N–H and O–H groups in total. The van der Waals surface area contributed by atoms with E-state index in [1.165, 1.54) is 0 Å². The largest absolute Gasteiger partial charge is 0.507 e. The fourth-order valence-electron chi connectivity index (χ4n) is 8.09. The molecule has 0 spiro atoms. The molecule has 8 heteroatoms. The van der Waals surface area contributed by atoms with Crippen molar-refractivity contribution in [3.05, 3.63) is 142 Å². The van der Waals surface area contributed by atoms with Gasteiger partial charge in [0.2, 0.25) is 0 Å². The van der Waals surface area contributed by atoms with Crippen molar-refractivity contribution in [2.24, 2.45) is 20.0 Å². The SMILES string of the molecule is C=C1Cc2cccc(c2O)C=NC2CCC(CC2)N=Cc2cccc(c2O)CC(=C)Cc2cccc(c2O)C=NC2CCC(CC2)N=Cc2cccc(c2O)C1. The van der Waals surface area contributed by atoms with Gasteiger partial charge in [0.25, 0.3) is 0 Å². The Morgan fingerprint density at radius 3 is 0.786 bits per heavy atom. The Morgan fingerprint density at radius 2 is 0.571 bits per heavy atom. The lowest BCUT2D eigenvalue weighted by atomic mass is 9.91. The van der Waals surface area contributed by atoms with Crippen LogP contribution in [-0.2, 0) is 25.7 Å². The third-order valence-corrected chi connectivity index (χ3v) is 11.4. The van der Waals surface area contributed by atoms with Crippen LogP contribution in [0.2, 0.25) is 0 Å². The number of phenolic OH excluding ortho intramolecular Hbond substituents is 4. The summed E-state index contributed by atoms with van der Waals surface area (Å²) in [5, 5.41) is 44.8. The van der Waals surface area contributed by atoms with E-state index >= 15 is 0 Å². The highest BCUT2D eigenvalue weighted by atomic mass is 16.3. The predicted octanol–water partition coefficient (Wildman–Crippen LogP) is 9.20. The molecule has 0 atom stereocenters. The van der Waals surface area contributed by atoms with Crippen LogP contribution in [0.3, 0.4) is 0 Å². The van der Waals surface area contributed by atoms with Gasteiger partial charge >= 0.3 is 0 Å². The van der Waals surface area contributed by atoms with E-state index in [0.29, 0.717) is 47.9 Å². The molecule has 0 unspecified atom stereocenters. The first kappa shape index (κ1) is 38.5. The monoisotopic (exact) mass is 748 g/mol. The van der Waals surface area contributed by atoms with E-state index in [1.807, 2.05) is 72.8 Å². The van der Waals surface area contributed by atoms with Crippen LogP contribution < -0.4 is 0 Å². The van der Waals surface area contributed by atoms with E-state index in [0.717, 1.165) is 84.8 Å². The Hall–Kier alpha value is -5.76. The van der Waals surface area contributed by atoms with Crippen LogP contribution >= 0.6 is 0 Å². The van der Waals surface area contributed by atoms with E-state index in [4.69, 9.17) is 20.0 Å². The van der Waals surface area contributed by atoms with Crippen LogP contribution in [0.25, 0.3) is 0 Å². The second-order valence-electron chi connectivity index (χ2n) is 15.7. The molecule has 4 aromatic rings. The molecule has 4 aliphatic heterocycles. The number of hydrogen-bond acceptors (Lipinski definition) is 8. The number of aromatic hydroxyl groups is 4. The second kappa shape index (κ2) is 17.8. The van der Waals surface area contributed by atoms with Crippen LogP contribution in [0.5, 0.6) is 23.0 Å². The number of hydrogen-bond donors (Lipinski definition) is 4. The predicted molar refractivity (Wildman–Crippen MR) is 228 cm³/mol. The number of benzene rings is 4. The lowest BCUT2D eigenvalue weighted by Crippen LogP contribution is -2.20. The second-order valence-corrected chi connectivity index (χ2v) is 15.7. The molecule has 0 radical (unpaired) electrons. The molecule has 0 aromatic heterocycles. The zero-order valence-electron chi connectivity index (χ0n) is 32.0. The highest BCUT2D eigenvalue weighted by molar-refractivity contribution is 5.86. The van der Waals surface area contributed by atoms with Crippen molar-refractivity contribution in [1.29, 1.82) is 0 Å². The standard InChI is InChI=1S/C48H52N4O4/c1-31-23-33-7-3-11-37(45(33)53)27-49-41-15-19-43(20-16-41)51-29-39-13-5-9-35(47(39)55)25-32(2)26-36-10-6-14-40(48(36)56)30-52-44-21-17-42(18-22-44)50-28-38-12-4-8-34(24-31)46(38)54/h3-14,27-30,41-44,53-56H,1-2,15-26H2. The summed E-state index contributed by atoms with van der Waals surface area (Å²) in [4.78, 5) is 19.4. The highest BCUT2D eigenvalue weighted by Gasteiger charge is 2.22. The van der Waals surface area contributed by atoms with Crippen LogP contribution in [0.1, 0.15) is 95.9 Å². The maximum absolute atomic E-state index is 11.2. The molecule has 56 heavy (non-hydrogen) atoms. The van der Waals surface area contributed by atoms with Gasteiger partial charge in [-0.1, -0.05) is 72.8 Å². The zero-order valence-corrected chi connectivity index (χ0v) is 32.0. The van der Waals surface area contributed by atoms with E-state index in [9.17, 15) is 20.4 Å². The molecule has 6 aliphatic rings. The quantitative estimate of drug-likeness (QED) is 0.134. The lowest BCUT2D eigenvalue weighted by Gasteiger charge is -2.23. The van der Waals surface area contributed by atoms with Crippen LogP contribution in [0.4, 0.5) is 0 Å². The van der Waals surface area contributed by atoms with Crippen LogP contribution in [0, 0.1) is 0 Å². The summed E-state index contributed by atoms with van der Waals surface area (Å²) in [5.74, 6) is 0.819. The van der Waals surface area contributed by atoms with Crippen molar-refractivity contribution in [2.75, 3.05) is 0 Å². The Bertz CT molecular complexity index is 1880. The number of para-hydroxylation sites is 4. The average molecular weight is 749 g/mol. The van der Waals surface area contributed by atoms with Gasteiger partial charge in [0.05, 0.1) is 24.2 Å². The van der Waals surface area contributed by atoms with Gasteiger partial charge in [0.15, 0.2) is 0 Å². The summed E-state index contributed by atoms with van der Waals surface area (Å²) in [6.45, 7) is 8.59. The fraction of sp³-hybridized carbons (Fsp3) is 0.333.